The molecule has 1 aromatic rings. The molecule has 1 fully saturated rings. The van der Waals surface area contributed by atoms with E-state index < -0.39 is 40.0 Å². The van der Waals surface area contributed by atoms with E-state index in [1.54, 1.807) is 6.92 Å². The maximum absolute atomic E-state index is 12.7. The van der Waals surface area contributed by atoms with Gasteiger partial charge in [0.1, 0.15) is 11.3 Å². The molecule has 1 saturated heterocycles. The zero-order valence-electron chi connectivity index (χ0n) is 16.0. The second-order valence-electron chi connectivity index (χ2n) is 6.87. The van der Waals surface area contributed by atoms with Gasteiger partial charge in [0.2, 0.25) is 0 Å². The minimum Gasteiger partial charge on any atom is -0.452 e. The molecule has 1 aromatic heterocycles. The highest BCUT2D eigenvalue weighted by Crippen LogP contribution is 2.22. The molecule has 0 aromatic carbocycles. The van der Waals surface area contributed by atoms with Gasteiger partial charge in [-0.25, -0.2) is 18.0 Å². The number of hydrogen-bond donors (Lipinski definition) is 0. The molecule has 1 aliphatic rings. The summed E-state index contributed by atoms with van der Waals surface area (Å²) in [5.41, 5.74) is -0.0502. The lowest BCUT2D eigenvalue weighted by molar-refractivity contribution is -0.138. The number of hydrogen-bond acceptors (Lipinski definition) is 7. The van der Waals surface area contributed by atoms with Gasteiger partial charge in [-0.15, -0.1) is 0 Å². The van der Waals surface area contributed by atoms with Crippen LogP contribution in [0.4, 0.5) is 0 Å². The Hall–Kier alpha value is -2.16. The van der Waals surface area contributed by atoms with E-state index in [0.717, 1.165) is 0 Å². The molecule has 2 atom stereocenters. The maximum atomic E-state index is 12.7. The molecule has 27 heavy (non-hydrogen) atoms. The molecule has 0 spiro atoms. The molecule has 1 aliphatic heterocycles. The maximum Gasteiger partial charge on any atom is 0.342 e. The first-order valence-corrected chi connectivity index (χ1v) is 10.7. The Kier molecular flexibility index (Phi) is 6.46. The minimum atomic E-state index is -3.15. The molecule has 8 nitrogen and oxygen atoms in total. The van der Waals surface area contributed by atoms with Crippen molar-refractivity contribution in [3.05, 3.63) is 33.4 Å². The number of esters is 1. The topological polar surface area (TPSA) is 111 Å². The van der Waals surface area contributed by atoms with Crippen LogP contribution < -0.4 is 5.63 Å². The molecular formula is C18H25NO7S. The Labute approximate surface area is 158 Å². The third-order valence-corrected chi connectivity index (χ3v) is 6.57. The van der Waals surface area contributed by atoms with E-state index in [9.17, 15) is 22.8 Å². The van der Waals surface area contributed by atoms with Crippen molar-refractivity contribution < 1.29 is 27.2 Å². The number of aryl methyl sites for hydroxylation is 2. The van der Waals surface area contributed by atoms with Gasteiger partial charge >= 0.3 is 11.6 Å². The molecule has 2 rings (SSSR count). The number of nitrogens with zero attached hydrogens (tertiary/aromatic N) is 1. The van der Waals surface area contributed by atoms with Gasteiger partial charge in [-0.3, -0.25) is 4.79 Å². The summed E-state index contributed by atoms with van der Waals surface area (Å²) in [7, 11) is -3.15. The molecule has 1 amide bonds. The average molecular weight is 399 g/mol. The molecule has 2 heterocycles. The molecule has 0 unspecified atom stereocenters. The van der Waals surface area contributed by atoms with E-state index in [0.29, 0.717) is 18.4 Å². The molecule has 0 radical (unpaired) electrons. The summed E-state index contributed by atoms with van der Waals surface area (Å²) in [4.78, 5) is 37.9. The van der Waals surface area contributed by atoms with E-state index in [-0.39, 0.29) is 28.9 Å². The molecule has 150 valence electrons. The normalized spacial score (nSPS) is 19.5. The second kappa shape index (κ2) is 8.24. The third kappa shape index (κ3) is 4.97. The van der Waals surface area contributed by atoms with E-state index in [2.05, 4.69) is 0 Å². The molecule has 0 N–H and O–H groups in total. The van der Waals surface area contributed by atoms with Crippen LogP contribution in [0.1, 0.15) is 48.4 Å². The van der Waals surface area contributed by atoms with Crippen LogP contribution in [0, 0.1) is 13.8 Å². The Morgan fingerprint density at radius 3 is 2.56 bits per heavy atom. The summed E-state index contributed by atoms with van der Waals surface area (Å²) in [6.45, 7) is 6.29. The third-order valence-electron chi connectivity index (χ3n) is 4.82. The van der Waals surface area contributed by atoms with Crippen LogP contribution in [0.5, 0.6) is 0 Å². The lowest BCUT2D eigenvalue weighted by Gasteiger charge is -2.33. The molecule has 0 aliphatic carbocycles. The van der Waals surface area contributed by atoms with E-state index in [1.807, 2.05) is 13.8 Å². The first-order valence-electron chi connectivity index (χ1n) is 8.85. The number of carbonyl (C=O) groups excluding carboxylic acids is 2. The zero-order chi connectivity index (χ0) is 20.4. The monoisotopic (exact) mass is 399 g/mol. The van der Waals surface area contributed by atoms with E-state index in [1.165, 1.54) is 17.9 Å². The standard InChI is InChI=1S/C18H25NO7S/c1-5-12(3)19(14-6-7-27(23,24)10-14)15(20)9-25-18(22)17-11(2)8-16(21)26-13(17)4/h8,12,14H,5-7,9-10H2,1-4H3/t12-,14+/m0/s1. The number of carbonyl (C=O) groups is 2. The number of ether oxygens (including phenoxy) is 1. The Morgan fingerprint density at radius 1 is 1.37 bits per heavy atom. The summed E-state index contributed by atoms with van der Waals surface area (Å²) >= 11 is 0. The quantitative estimate of drug-likeness (QED) is 0.661. The van der Waals surface area contributed by atoms with Gasteiger partial charge in [0.25, 0.3) is 5.91 Å². The van der Waals surface area contributed by atoms with Crippen molar-refractivity contribution >= 4 is 21.7 Å². The Bertz CT molecular complexity index is 861. The predicted molar refractivity (Wildman–Crippen MR) is 98.4 cm³/mol. The van der Waals surface area contributed by atoms with Crippen molar-refractivity contribution in [1.82, 2.24) is 4.90 Å². The molecule has 0 bridgehead atoms. The highest BCUT2D eigenvalue weighted by atomic mass is 32.2. The molecular weight excluding hydrogens is 374 g/mol. The van der Waals surface area contributed by atoms with Gasteiger partial charge in [-0.1, -0.05) is 6.92 Å². The van der Waals surface area contributed by atoms with Crippen molar-refractivity contribution in [1.29, 1.82) is 0 Å². The number of rotatable bonds is 6. The van der Waals surface area contributed by atoms with Crippen molar-refractivity contribution in [2.75, 3.05) is 18.1 Å². The summed E-state index contributed by atoms with van der Waals surface area (Å²) in [6, 6.07) is 0.599. The summed E-state index contributed by atoms with van der Waals surface area (Å²) in [6.07, 6.45) is 1.03. The van der Waals surface area contributed by atoms with Crippen LogP contribution in [-0.2, 0) is 19.4 Å². The largest absolute Gasteiger partial charge is 0.452 e. The van der Waals surface area contributed by atoms with Crippen LogP contribution in [0.3, 0.4) is 0 Å². The second-order valence-corrected chi connectivity index (χ2v) is 9.10. The Balaban J connectivity index is 2.12. The van der Waals surface area contributed by atoms with Gasteiger partial charge in [0.15, 0.2) is 16.4 Å². The smallest absolute Gasteiger partial charge is 0.342 e. The van der Waals surface area contributed by atoms with Crippen molar-refractivity contribution in [2.24, 2.45) is 0 Å². The molecule has 9 heteroatoms. The van der Waals surface area contributed by atoms with Gasteiger partial charge in [-0.2, -0.15) is 0 Å². The van der Waals surface area contributed by atoms with E-state index in [4.69, 9.17) is 9.15 Å². The van der Waals surface area contributed by atoms with Gasteiger partial charge in [0.05, 0.1) is 11.5 Å². The summed E-state index contributed by atoms with van der Waals surface area (Å²) in [5, 5.41) is 0. The fraction of sp³-hybridized carbons (Fsp3) is 0.611. The van der Waals surface area contributed by atoms with Crippen LogP contribution in [0.2, 0.25) is 0 Å². The van der Waals surface area contributed by atoms with Crippen LogP contribution in [-0.4, -0.2) is 55.4 Å². The first kappa shape index (κ1) is 21.1. The van der Waals surface area contributed by atoms with Crippen molar-refractivity contribution in [3.8, 4) is 0 Å². The SMILES string of the molecule is CC[C@H](C)N(C(=O)COC(=O)c1c(C)cc(=O)oc1C)[C@@H]1CCS(=O)(=O)C1. The highest BCUT2D eigenvalue weighted by molar-refractivity contribution is 7.91. The lowest BCUT2D eigenvalue weighted by atomic mass is 10.1. The fourth-order valence-corrected chi connectivity index (χ4v) is 5.05. The minimum absolute atomic E-state index is 0.0547. The highest BCUT2D eigenvalue weighted by Gasteiger charge is 2.36. The predicted octanol–water partition coefficient (Wildman–Crippen LogP) is 1.23. The van der Waals surface area contributed by atoms with Gasteiger partial charge < -0.3 is 14.1 Å². The van der Waals surface area contributed by atoms with Crippen LogP contribution >= 0.6 is 0 Å². The van der Waals surface area contributed by atoms with E-state index >= 15 is 0 Å². The average Bonchev–Trinajstić information content (AvgIpc) is 2.91. The fourth-order valence-electron chi connectivity index (χ4n) is 3.34. The number of amides is 1. The van der Waals surface area contributed by atoms with Crippen molar-refractivity contribution in [3.63, 3.8) is 0 Å². The van der Waals surface area contributed by atoms with Crippen molar-refractivity contribution in [2.45, 2.75) is 52.6 Å². The van der Waals surface area contributed by atoms with Gasteiger partial charge in [-0.05, 0) is 39.2 Å². The first-order chi connectivity index (χ1) is 12.6. The molecule has 0 saturated carbocycles. The lowest BCUT2D eigenvalue weighted by Crippen LogP contribution is -2.48. The zero-order valence-corrected chi connectivity index (χ0v) is 16.8. The Morgan fingerprint density at radius 2 is 2.04 bits per heavy atom. The summed E-state index contributed by atoms with van der Waals surface area (Å²) < 4.78 is 33.6. The summed E-state index contributed by atoms with van der Waals surface area (Å²) in [5.74, 6) is -1.09. The van der Waals surface area contributed by atoms with Crippen LogP contribution in [0.15, 0.2) is 15.3 Å². The van der Waals surface area contributed by atoms with Gasteiger partial charge in [0, 0.05) is 18.2 Å². The van der Waals surface area contributed by atoms with Crippen LogP contribution in [0.25, 0.3) is 0 Å². The number of sulfone groups is 1.